The van der Waals surface area contributed by atoms with Crippen molar-refractivity contribution < 1.29 is 4.74 Å². The van der Waals surface area contributed by atoms with Crippen LogP contribution in [-0.4, -0.2) is 26.3 Å². The van der Waals surface area contributed by atoms with Gasteiger partial charge in [-0.25, -0.2) is 0 Å². The third-order valence-electron chi connectivity index (χ3n) is 3.58. The normalized spacial score (nSPS) is 17.8. The van der Waals surface area contributed by atoms with E-state index in [2.05, 4.69) is 49.5 Å². The van der Waals surface area contributed by atoms with Gasteiger partial charge in [0.2, 0.25) is 0 Å². The Morgan fingerprint density at radius 1 is 1.33 bits per heavy atom. The van der Waals surface area contributed by atoms with Crippen LogP contribution in [0.4, 0.5) is 0 Å². The standard InChI is InChI=1S/C15H20N2O/c1-14(2,13-6-4-3-5-7-13)9-17-10-15(8-16)11-18-12-15/h3-7,17H,9-12H2,1-2H3. The first-order valence-corrected chi connectivity index (χ1v) is 6.33. The van der Waals surface area contributed by atoms with Crippen LogP contribution in [0.15, 0.2) is 30.3 Å². The topological polar surface area (TPSA) is 45.0 Å². The Morgan fingerprint density at radius 2 is 2.00 bits per heavy atom. The number of ether oxygens (including phenoxy) is 1. The van der Waals surface area contributed by atoms with Crippen molar-refractivity contribution in [1.82, 2.24) is 5.32 Å². The summed E-state index contributed by atoms with van der Waals surface area (Å²) in [6.07, 6.45) is 0. The molecule has 0 spiro atoms. The van der Waals surface area contributed by atoms with Crippen LogP contribution in [0.25, 0.3) is 0 Å². The van der Waals surface area contributed by atoms with Crippen LogP contribution >= 0.6 is 0 Å². The van der Waals surface area contributed by atoms with Crippen LogP contribution in [0.5, 0.6) is 0 Å². The number of nitriles is 1. The van der Waals surface area contributed by atoms with E-state index >= 15 is 0 Å². The van der Waals surface area contributed by atoms with E-state index in [1.165, 1.54) is 5.56 Å². The number of hydrogen-bond acceptors (Lipinski definition) is 3. The second-order valence-electron chi connectivity index (χ2n) is 5.74. The molecular formula is C15H20N2O. The molecule has 1 aliphatic heterocycles. The second kappa shape index (κ2) is 5.09. The molecule has 0 saturated carbocycles. The van der Waals surface area contributed by atoms with Gasteiger partial charge in [-0.05, 0) is 5.56 Å². The Hall–Kier alpha value is -1.37. The Kier molecular flexibility index (Phi) is 3.70. The van der Waals surface area contributed by atoms with E-state index in [1.54, 1.807) is 0 Å². The highest BCUT2D eigenvalue weighted by molar-refractivity contribution is 5.24. The fourth-order valence-corrected chi connectivity index (χ4v) is 2.16. The van der Waals surface area contributed by atoms with Crippen molar-refractivity contribution in [1.29, 1.82) is 5.26 Å². The number of nitrogens with zero attached hydrogens (tertiary/aromatic N) is 1. The van der Waals surface area contributed by atoms with Crippen molar-refractivity contribution in [2.45, 2.75) is 19.3 Å². The van der Waals surface area contributed by atoms with E-state index in [0.717, 1.165) is 6.54 Å². The van der Waals surface area contributed by atoms with Gasteiger partial charge in [0.1, 0.15) is 5.41 Å². The van der Waals surface area contributed by atoms with E-state index < -0.39 is 0 Å². The van der Waals surface area contributed by atoms with E-state index in [-0.39, 0.29) is 10.8 Å². The predicted octanol–water partition coefficient (Wildman–Crippen LogP) is 2.09. The van der Waals surface area contributed by atoms with Crippen molar-refractivity contribution in [3.8, 4) is 6.07 Å². The second-order valence-corrected chi connectivity index (χ2v) is 5.74. The van der Waals surface area contributed by atoms with Crippen LogP contribution in [-0.2, 0) is 10.2 Å². The maximum absolute atomic E-state index is 9.11. The predicted molar refractivity (Wildman–Crippen MR) is 71.2 cm³/mol. The molecule has 0 unspecified atom stereocenters. The highest BCUT2D eigenvalue weighted by atomic mass is 16.5. The zero-order valence-electron chi connectivity index (χ0n) is 11.1. The Labute approximate surface area is 109 Å². The van der Waals surface area contributed by atoms with Gasteiger partial charge in [0.05, 0.1) is 19.3 Å². The number of rotatable bonds is 5. The van der Waals surface area contributed by atoms with Crippen molar-refractivity contribution in [3.63, 3.8) is 0 Å². The molecule has 1 fully saturated rings. The third-order valence-corrected chi connectivity index (χ3v) is 3.58. The van der Waals surface area contributed by atoms with Gasteiger partial charge in [-0.1, -0.05) is 44.2 Å². The number of nitrogens with one attached hydrogen (secondary N) is 1. The van der Waals surface area contributed by atoms with Gasteiger partial charge < -0.3 is 10.1 Å². The van der Waals surface area contributed by atoms with Gasteiger partial charge in [0, 0.05) is 18.5 Å². The average Bonchev–Trinajstić information content (AvgIpc) is 2.34. The molecular weight excluding hydrogens is 224 g/mol. The molecule has 3 heteroatoms. The lowest BCUT2D eigenvalue weighted by atomic mass is 9.83. The molecule has 0 aliphatic carbocycles. The van der Waals surface area contributed by atoms with Gasteiger partial charge in [0.25, 0.3) is 0 Å². The summed E-state index contributed by atoms with van der Waals surface area (Å²) in [7, 11) is 0. The van der Waals surface area contributed by atoms with Crippen LogP contribution in [0, 0.1) is 16.7 Å². The molecule has 1 heterocycles. The molecule has 1 saturated heterocycles. The molecule has 0 amide bonds. The molecule has 96 valence electrons. The number of benzene rings is 1. The van der Waals surface area contributed by atoms with Gasteiger partial charge in [-0.3, -0.25) is 0 Å². The summed E-state index contributed by atoms with van der Waals surface area (Å²) in [5.74, 6) is 0. The summed E-state index contributed by atoms with van der Waals surface area (Å²) in [4.78, 5) is 0. The van der Waals surface area contributed by atoms with Gasteiger partial charge >= 0.3 is 0 Å². The smallest absolute Gasteiger partial charge is 0.116 e. The van der Waals surface area contributed by atoms with Crippen LogP contribution in [0.1, 0.15) is 19.4 Å². The van der Waals surface area contributed by atoms with Gasteiger partial charge in [0.15, 0.2) is 0 Å². The molecule has 0 atom stereocenters. The summed E-state index contributed by atoms with van der Waals surface area (Å²) in [5, 5.41) is 12.5. The molecule has 3 nitrogen and oxygen atoms in total. The first-order chi connectivity index (χ1) is 8.58. The molecule has 1 aromatic carbocycles. The molecule has 18 heavy (non-hydrogen) atoms. The van der Waals surface area contributed by atoms with Crippen LogP contribution in [0.3, 0.4) is 0 Å². The molecule has 0 bridgehead atoms. The van der Waals surface area contributed by atoms with Crippen molar-refractivity contribution in [2.75, 3.05) is 26.3 Å². The monoisotopic (exact) mass is 244 g/mol. The number of hydrogen-bond donors (Lipinski definition) is 1. The molecule has 0 radical (unpaired) electrons. The minimum Gasteiger partial charge on any atom is -0.378 e. The van der Waals surface area contributed by atoms with E-state index in [0.29, 0.717) is 19.8 Å². The summed E-state index contributed by atoms with van der Waals surface area (Å²) in [6, 6.07) is 12.8. The Balaban J connectivity index is 1.88. The minimum atomic E-state index is -0.299. The third kappa shape index (κ3) is 2.72. The summed E-state index contributed by atoms with van der Waals surface area (Å²) >= 11 is 0. The van der Waals surface area contributed by atoms with Crippen LogP contribution in [0.2, 0.25) is 0 Å². The molecule has 1 N–H and O–H groups in total. The van der Waals surface area contributed by atoms with Crippen molar-refractivity contribution >= 4 is 0 Å². The van der Waals surface area contributed by atoms with Crippen molar-refractivity contribution in [3.05, 3.63) is 35.9 Å². The quantitative estimate of drug-likeness (QED) is 0.862. The molecule has 0 aromatic heterocycles. The Bertz CT molecular complexity index is 430. The maximum atomic E-state index is 9.11. The molecule has 1 aliphatic rings. The molecule has 1 aromatic rings. The van der Waals surface area contributed by atoms with Crippen LogP contribution < -0.4 is 5.32 Å². The van der Waals surface area contributed by atoms with Gasteiger partial charge in [-0.2, -0.15) is 5.26 Å². The largest absolute Gasteiger partial charge is 0.378 e. The lowest BCUT2D eigenvalue weighted by molar-refractivity contribution is -0.0756. The fraction of sp³-hybridized carbons (Fsp3) is 0.533. The van der Waals surface area contributed by atoms with E-state index in [4.69, 9.17) is 10.00 Å². The van der Waals surface area contributed by atoms with Gasteiger partial charge in [-0.15, -0.1) is 0 Å². The van der Waals surface area contributed by atoms with E-state index in [1.807, 2.05) is 6.07 Å². The average molecular weight is 244 g/mol. The molecule has 2 rings (SSSR count). The SMILES string of the molecule is CC(C)(CNCC1(C#N)COC1)c1ccccc1. The maximum Gasteiger partial charge on any atom is 0.116 e. The summed E-state index contributed by atoms with van der Waals surface area (Å²) < 4.78 is 5.13. The lowest BCUT2D eigenvalue weighted by Crippen LogP contribution is -2.50. The summed E-state index contributed by atoms with van der Waals surface area (Å²) in [5.41, 5.74) is 1.09. The fourth-order valence-electron chi connectivity index (χ4n) is 2.16. The summed E-state index contributed by atoms with van der Waals surface area (Å²) in [6.45, 7) is 7.11. The van der Waals surface area contributed by atoms with E-state index in [9.17, 15) is 0 Å². The highest BCUT2D eigenvalue weighted by Gasteiger charge is 2.38. The minimum absolute atomic E-state index is 0.0719. The zero-order valence-corrected chi connectivity index (χ0v) is 11.1. The zero-order chi connectivity index (χ0) is 13.1. The lowest BCUT2D eigenvalue weighted by Gasteiger charge is -2.36. The van der Waals surface area contributed by atoms with Crippen molar-refractivity contribution in [2.24, 2.45) is 5.41 Å². The first-order valence-electron chi connectivity index (χ1n) is 6.33. The highest BCUT2D eigenvalue weighted by Crippen LogP contribution is 2.26. The first kappa shape index (κ1) is 13.1. The Morgan fingerprint density at radius 3 is 2.50 bits per heavy atom.